The number of hydrogen-bond acceptors (Lipinski definition) is 6. The van der Waals surface area contributed by atoms with Gasteiger partial charge >= 0.3 is 11.9 Å². The van der Waals surface area contributed by atoms with E-state index in [1.165, 1.54) is 0 Å². The number of carbonyl (C=O) groups excluding carboxylic acids is 2. The van der Waals surface area contributed by atoms with E-state index in [4.69, 9.17) is 19.6 Å². The van der Waals surface area contributed by atoms with Crippen LogP contribution in [0, 0.1) is 0 Å². The molecule has 2 atom stereocenters. The zero-order chi connectivity index (χ0) is 24.9. The average Bonchev–Trinajstić information content (AvgIpc) is 2.80. The molecule has 2 aromatic rings. The summed E-state index contributed by atoms with van der Waals surface area (Å²) in [6.07, 6.45) is 2.07. The lowest BCUT2D eigenvalue weighted by Crippen LogP contribution is -2.36. The highest BCUT2D eigenvalue weighted by Gasteiger charge is 2.31. The summed E-state index contributed by atoms with van der Waals surface area (Å²) in [5.74, 6) is -1.14. The first-order valence-corrected chi connectivity index (χ1v) is 11.9. The molecular weight excluding hydrogens is 432 g/mol. The van der Waals surface area contributed by atoms with Crippen LogP contribution >= 0.6 is 0 Å². The summed E-state index contributed by atoms with van der Waals surface area (Å²) in [5.41, 5.74) is 3.06. The second-order valence-electron chi connectivity index (χ2n) is 11.0. The summed E-state index contributed by atoms with van der Waals surface area (Å²) in [7, 11) is 0. The predicted octanol–water partition coefficient (Wildman–Crippen LogP) is 6.47. The van der Waals surface area contributed by atoms with E-state index < -0.39 is 24.1 Å². The summed E-state index contributed by atoms with van der Waals surface area (Å²) < 4.78 is 0. The second-order valence-corrected chi connectivity index (χ2v) is 11.0. The first kappa shape index (κ1) is 25.9. The Morgan fingerprint density at radius 2 is 0.941 bits per heavy atom. The van der Waals surface area contributed by atoms with Crippen molar-refractivity contribution in [1.29, 1.82) is 0 Å². The van der Waals surface area contributed by atoms with Crippen LogP contribution in [0.25, 0.3) is 0 Å². The monoisotopic (exact) mass is 468 g/mol. The van der Waals surface area contributed by atoms with Crippen molar-refractivity contribution < 1.29 is 29.1 Å². The molecule has 1 aliphatic carbocycles. The van der Waals surface area contributed by atoms with Crippen LogP contribution in [0.4, 0.5) is 0 Å². The Balaban J connectivity index is 1.53. The molecule has 0 saturated heterocycles. The van der Waals surface area contributed by atoms with E-state index in [0.717, 1.165) is 24.0 Å². The molecule has 6 nitrogen and oxygen atoms in total. The predicted molar refractivity (Wildman–Crippen MR) is 129 cm³/mol. The van der Waals surface area contributed by atoms with Gasteiger partial charge in [0.25, 0.3) is 0 Å². The fourth-order valence-corrected chi connectivity index (χ4v) is 3.80. The number of rotatable bonds is 6. The van der Waals surface area contributed by atoms with Gasteiger partial charge in [0.1, 0.15) is 12.2 Å². The molecule has 0 amide bonds. The molecule has 34 heavy (non-hydrogen) atoms. The molecule has 0 radical (unpaired) electrons. The Morgan fingerprint density at radius 1 is 0.618 bits per heavy atom. The van der Waals surface area contributed by atoms with Crippen LogP contribution in [0.2, 0.25) is 0 Å². The average molecular weight is 469 g/mol. The highest BCUT2D eigenvalue weighted by molar-refractivity contribution is 5.89. The summed E-state index contributed by atoms with van der Waals surface area (Å²) in [5, 5.41) is 0. The fraction of sp³-hybridized carbons (Fsp3) is 0.500. The van der Waals surface area contributed by atoms with E-state index in [2.05, 4.69) is 41.5 Å². The number of carbonyl (C=O) groups is 2. The third-order valence-electron chi connectivity index (χ3n) is 6.11. The standard InChI is InChI=1S/C28H36O6/c1-27(2,3)21-15-11-19(12-16-21)25(29)33-31-23-9-7-8-10-24(23)32-34-26(30)20-13-17-22(18-14-20)28(4,5)6/h11-18,23-24H,7-10H2,1-6H3. The minimum absolute atomic E-state index is 0.00232. The third kappa shape index (κ3) is 6.90. The summed E-state index contributed by atoms with van der Waals surface area (Å²) >= 11 is 0. The molecule has 184 valence electrons. The summed E-state index contributed by atoms with van der Waals surface area (Å²) in [6.45, 7) is 12.7. The summed E-state index contributed by atoms with van der Waals surface area (Å²) in [4.78, 5) is 45.9. The van der Waals surface area contributed by atoms with Gasteiger partial charge in [-0.05, 0) is 59.1 Å². The van der Waals surface area contributed by atoms with Crippen molar-refractivity contribution in [3.05, 3.63) is 70.8 Å². The van der Waals surface area contributed by atoms with Gasteiger partial charge < -0.3 is 0 Å². The first-order chi connectivity index (χ1) is 15.9. The minimum Gasteiger partial charge on any atom is -0.292 e. The maximum absolute atomic E-state index is 12.4. The van der Waals surface area contributed by atoms with Gasteiger partial charge in [0.05, 0.1) is 11.1 Å². The Labute approximate surface area is 202 Å². The van der Waals surface area contributed by atoms with Crippen molar-refractivity contribution in [3.63, 3.8) is 0 Å². The second kappa shape index (κ2) is 10.7. The van der Waals surface area contributed by atoms with Gasteiger partial charge in [-0.3, -0.25) is 9.78 Å². The van der Waals surface area contributed by atoms with Gasteiger partial charge in [-0.15, -0.1) is 0 Å². The van der Waals surface area contributed by atoms with Crippen molar-refractivity contribution in [2.45, 2.75) is 90.3 Å². The molecule has 1 saturated carbocycles. The topological polar surface area (TPSA) is 71.1 Å². The van der Waals surface area contributed by atoms with Gasteiger partial charge in [0, 0.05) is 0 Å². The quantitative estimate of drug-likeness (QED) is 0.357. The van der Waals surface area contributed by atoms with E-state index in [9.17, 15) is 9.59 Å². The molecule has 0 heterocycles. The van der Waals surface area contributed by atoms with Crippen molar-refractivity contribution >= 4 is 11.9 Å². The molecule has 1 fully saturated rings. The molecule has 0 spiro atoms. The number of benzene rings is 2. The Morgan fingerprint density at radius 3 is 1.24 bits per heavy atom. The Hall–Kier alpha value is -2.70. The van der Waals surface area contributed by atoms with E-state index in [1.54, 1.807) is 24.3 Å². The zero-order valence-electron chi connectivity index (χ0n) is 21.1. The molecule has 0 bridgehead atoms. The molecule has 2 aromatic carbocycles. The van der Waals surface area contributed by atoms with Crippen molar-refractivity contribution in [1.82, 2.24) is 0 Å². The molecule has 6 heteroatoms. The van der Waals surface area contributed by atoms with Crippen LogP contribution < -0.4 is 0 Å². The van der Waals surface area contributed by atoms with Gasteiger partial charge in [-0.1, -0.05) is 78.6 Å². The van der Waals surface area contributed by atoms with Gasteiger partial charge in [-0.25, -0.2) is 9.59 Å². The van der Waals surface area contributed by atoms with Crippen LogP contribution in [0.15, 0.2) is 48.5 Å². The minimum atomic E-state index is -0.569. The van der Waals surface area contributed by atoms with Crippen LogP contribution in [-0.2, 0) is 30.4 Å². The highest BCUT2D eigenvalue weighted by Crippen LogP contribution is 2.26. The van der Waals surface area contributed by atoms with Crippen LogP contribution in [0.1, 0.15) is 99.1 Å². The molecule has 1 aliphatic rings. The van der Waals surface area contributed by atoms with Crippen molar-refractivity contribution in [2.75, 3.05) is 0 Å². The molecule has 2 unspecified atom stereocenters. The molecule has 0 aromatic heterocycles. The lowest BCUT2D eigenvalue weighted by atomic mass is 9.87. The molecule has 3 rings (SSSR count). The van der Waals surface area contributed by atoms with Crippen molar-refractivity contribution in [2.24, 2.45) is 0 Å². The fourth-order valence-electron chi connectivity index (χ4n) is 3.80. The molecular formula is C28H36O6. The maximum atomic E-state index is 12.4. The van der Waals surface area contributed by atoms with Gasteiger partial charge in [0.15, 0.2) is 0 Å². The lowest BCUT2D eigenvalue weighted by molar-refractivity contribution is -0.352. The van der Waals surface area contributed by atoms with Crippen LogP contribution in [0.5, 0.6) is 0 Å². The van der Waals surface area contributed by atoms with E-state index in [0.29, 0.717) is 24.0 Å². The normalized spacial score (nSPS) is 18.9. The Bertz CT molecular complexity index is 882. The Kier molecular flexibility index (Phi) is 8.16. The van der Waals surface area contributed by atoms with Gasteiger partial charge in [0.2, 0.25) is 0 Å². The van der Waals surface area contributed by atoms with E-state index in [-0.39, 0.29) is 10.8 Å². The molecule has 0 aliphatic heterocycles. The third-order valence-corrected chi connectivity index (χ3v) is 6.11. The van der Waals surface area contributed by atoms with Crippen molar-refractivity contribution in [3.8, 4) is 0 Å². The summed E-state index contributed by atoms with van der Waals surface area (Å²) in [6, 6.07) is 14.6. The van der Waals surface area contributed by atoms with E-state index >= 15 is 0 Å². The smallest absolute Gasteiger partial charge is 0.292 e. The lowest BCUT2D eigenvalue weighted by Gasteiger charge is -2.28. The van der Waals surface area contributed by atoms with Gasteiger partial charge in [-0.2, -0.15) is 9.78 Å². The first-order valence-electron chi connectivity index (χ1n) is 11.9. The number of hydrogen-bond donors (Lipinski definition) is 0. The maximum Gasteiger partial charge on any atom is 0.373 e. The van der Waals surface area contributed by atoms with E-state index in [1.807, 2.05) is 24.3 Å². The largest absolute Gasteiger partial charge is 0.373 e. The van der Waals surface area contributed by atoms with Crippen LogP contribution in [0.3, 0.4) is 0 Å². The molecule has 0 N–H and O–H groups in total. The zero-order valence-corrected chi connectivity index (χ0v) is 21.1. The highest BCUT2D eigenvalue weighted by atomic mass is 17.2. The SMILES string of the molecule is CC(C)(C)c1ccc(C(=O)OOC2CCCCC2OOC(=O)c2ccc(C(C)(C)C)cc2)cc1. The van der Waals surface area contributed by atoms with Crippen LogP contribution in [-0.4, -0.2) is 24.1 Å².